The van der Waals surface area contributed by atoms with Gasteiger partial charge in [0, 0.05) is 16.3 Å². The summed E-state index contributed by atoms with van der Waals surface area (Å²) >= 11 is 1.24. The zero-order chi connectivity index (χ0) is 20.5. The SMILES string of the molecule is C[C@]1(c2ccccc2)C[C@@H]1NS(=O)(=O)c1ccc(-c2cccc(OCCO)c2)s1. The summed E-state index contributed by atoms with van der Waals surface area (Å²) < 4.78 is 34.4. The predicted octanol–water partition coefficient (Wildman–Crippen LogP) is 3.79. The molecular weight excluding hydrogens is 406 g/mol. The van der Waals surface area contributed by atoms with Crippen LogP contribution in [0.2, 0.25) is 0 Å². The van der Waals surface area contributed by atoms with Gasteiger partial charge >= 0.3 is 0 Å². The van der Waals surface area contributed by atoms with Crippen molar-refractivity contribution in [3.8, 4) is 16.2 Å². The first-order valence-corrected chi connectivity index (χ1v) is 11.7. The molecule has 5 nitrogen and oxygen atoms in total. The normalized spacial score (nSPS) is 21.1. The fraction of sp³-hybridized carbons (Fsp3) is 0.273. The van der Waals surface area contributed by atoms with Gasteiger partial charge in [-0.3, -0.25) is 0 Å². The smallest absolute Gasteiger partial charge is 0.250 e. The van der Waals surface area contributed by atoms with Gasteiger partial charge < -0.3 is 9.84 Å². The molecular formula is C22H23NO4S2. The van der Waals surface area contributed by atoms with E-state index in [4.69, 9.17) is 9.84 Å². The quantitative estimate of drug-likeness (QED) is 0.571. The molecule has 0 spiro atoms. The molecule has 29 heavy (non-hydrogen) atoms. The monoisotopic (exact) mass is 429 g/mol. The van der Waals surface area contributed by atoms with Crippen LogP contribution < -0.4 is 9.46 Å². The van der Waals surface area contributed by atoms with Gasteiger partial charge in [0.25, 0.3) is 0 Å². The van der Waals surface area contributed by atoms with E-state index in [-0.39, 0.29) is 24.7 Å². The van der Waals surface area contributed by atoms with Crippen molar-refractivity contribution >= 4 is 21.4 Å². The summed E-state index contributed by atoms with van der Waals surface area (Å²) in [5, 5.41) is 8.90. The van der Waals surface area contributed by atoms with Gasteiger partial charge in [-0.1, -0.05) is 49.4 Å². The van der Waals surface area contributed by atoms with E-state index in [1.54, 1.807) is 6.07 Å². The molecule has 1 aliphatic carbocycles. The van der Waals surface area contributed by atoms with E-state index in [1.807, 2.05) is 60.7 Å². The standard InChI is InChI=1S/C22H23NO4S2/c1-22(17-7-3-2-4-8-17)15-20(22)23-29(25,26)21-11-10-19(28-21)16-6-5-9-18(14-16)27-13-12-24/h2-11,14,20,23-24H,12-13,15H2,1H3/t20-,22+/m0/s1. The Kier molecular flexibility index (Phi) is 5.48. The summed E-state index contributed by atoms with van der Waals surface area (Å²) in [5.41, 5.74) is 1.87. The Labute approximate surface area is 175 Å². The Morgan fingerprint density at radius 2 is 1.93 bits per heavy atom. The highest BCUT2D eigenvalue weighted by atomic mass is 32.2. The first-order valence-electron chi connectivity index (χ1n) is 9.44. The van der Waals surface area contributed by atoms with Crippen LogP contribution in [-0.2, 0) is 15.4 Å². The number of ether oxygens (including phenoxy) is 1. The van der Waals surface area contributed by atoms with Crippen LogP contribution in [0.15, 0.2) is 70.9 Å². The molecule has 0 aliphatic heterocycles. The Hall–Kier alpha value is -2.19. The second-order valence-electron chi connectivity index (χ2n) is 7.38. The maximum absolute atomic E-state index is 12.9. The van der Waals surface area contributed by atoms with E-state index in [0.717, 1.165) is 22.4 Å². The zero-order valence-corrected chi connectivity index (χ0v) is 17.7. The molecule has 0 saturated heterocycles. The van der Waals surface area contributed by atoms with Crippen LogP contribution in [-0.4, -0.2) is 32.8 Å². The second-order valence-corrected chi connectivity index (χ2v) is 10.4. The molecule has 1 aromatic heterocycles. The lowest BCUT2D eigenvalue weighted by Crippen LogP contribution is -2.29. The van der Waals surface area contributed by atoms with E-state index in [1.165, 1.54) is 11.3 Å². The molecule has 0 bridgehead atoms. The summed E-state index contributed by atoms with van der Waals surface area (Å²) in [6, 6.07) is 20.8. The van der Waals surface area contributed by atoms with Gasteiger partial charge in [-0.25, -0.2) is 13.1 Å². The maximum Gasteiger partial charge on any atom is 0.250 e. The zero-order valence-electron chi connectivity index (χ0n) is 16.0. The summed E-state index contributed by atoms with van der Waals surface area (Å²) in [6.45, 7) is 2.26. The lowest BCUT2D eigenvalue weighted by molar-refractivity contribution is 0.201. The third-order valence-electron chi connectivity index (χ3n) is 5.29. The Morgan fingerprint density at radius 3 is 2.69 bits per heavy atom. The Balaban J connectivity index is 1.49. The van der Waals surface area contributed by atoms with Crippen molar-refractivity contribution in [2.75, 3.05) is 13.2 Å². The number of aliphatic hydroxyl groups is 1. The van der Waals surface area contributed by atoms with Crippen molar-refractivity contribution in [1.82, 2.24) is 4.72 Å². The lowest BCUT2D eigenvalue weighted by atomic mass is 9.98. The third-order valence-corrected chi connectivity index (χ3v) is 8.39. The van der Waals surface area contributed by atoms with Crippen LogP contribution in [0.1, 0.15) is 18.9 Å². The van der Waals surface area contributed by atoms with Gasteiger partial charge in [-0.05, 0) is 41.8 Å². The van der Waals surface area contributed by atoms with Gasteiger partial charge in [0.15, 0.2) is 0 Å². The van der Waals surface area contributed by atoms with Gasteiger partial charge in [-0.15, -0.1) is 11.3 Å². The minimum absolute atomic E-state index is 0.0552. The molecule has 2 N–H and O–H groups in total. The van der Waals surface area contributed by atoms with Crippen LogP contribution in [0.25, 0.3) is 10.4 Å². The number of hydrogen-bond acceptors (Lipinski definition) is 5. The summed E-state index contributed by atoms with van der Waals surface area (Å²) in [7, 11) is -3.58. The van der Waals surface area contributed by atoms with Crippen molar-refractivity contribution in [2.45, 2.75) is 29.0 Å². The number of sulfonamides is 1. The number of benzene rings is 2. The molecule has 152 valence electrons. The minimum Gasteiger partial charge on any atom is -0.491 e. The molecule has 1 fully saturated rings. The highest BCUT2D eigenvalue weighted by Gasteiger charge is 2.53. The first kappa shape index (κ1) is 20.1. The van der Waals surface area contributed by atoms with Crippen molar-refractivity contribution < 1.29 is 18.3 Å². The molecule has 4 rings (SSSR count). The lowest BCUT2D eigenvalue weighted by Gasteiger charge is -2.12. The van der Waals surface area contributed by atoms with Crippen LogP contribution in [0.5, 0.6) is 5.75 Å². The number of nitrogens with one attached hydrogen (secondary N) is 1. The van der Waals surface area contributed by atoms with E-state index in [2.05, 4.69) is 11.6 Å². The third kappa shape index (κ3) is 4.23. The minimum atomic E-state index is -3.58. The van der Waals surface area contributed by atoms with Crippen LogP contribution >= 0.6 is 11.3 Å². The van der Waals surface area contributed by atoms with E-state index >= 15 is 0 Å². The molecule has 2 aromatic carbocycles. The fourth-order valence-corrected chi connectivity index (χ4v) is 6.11. The molecule has 0 radical (unpaired) electrons. The molecule has 1 aliphatic rings. The molecule has 1 heterocycles. The molecule has 0 unspecified atom stereocenters. The van der Waals surface area contributed by atoms with E-state index in [9.17, 15) is 8.42 Å². The molecule has 1 saturated carbocycles. The van der Waals surface area contributed by atoms with Gasteiger partial charge in [0.1, 0.15) is 16.6 Å². The van der Waals surface area contributed by atoms with Gasteiger partial charge in [0.05, 0.1) is 6.61 Å². The highest BCUT2D eigenvalue weighted by Crippen LogP contribution is 2.48. The van der Waals surface area contributed by atoms with Crippen LogP contribution in [0, 0.1) is 0 Å². The Morgan fingerprint density at radius 1 is 1.14 bits per heavy atom. The van der Waals surface area contributed by atoms with Gasteiger partial charge in [0.2, 0.25) is 10.0 Å². The fourth-order valence-electron chi connectivity index (χ4n) is 3.44. The number of hydrogen-bond donors (Lipinski definition) is 2. The second kappa shape index (κ2) is 7.91. The van der Waals surface area contributed by atoms with Gasteiger partial charge in [-0.2, -0.15) is 0 Å². The van der Waals surface area contributed by atoms with Crippen LogP contribution in [0.3, 0.4) is 0 Å². The summed E-state index contributed by atoms with van der Waals surface area (Å²) in [4.78, 5) is 0.849. The van der Waals surface area contributed by atoms with Crippen molar-refractivity contribution in [1.29, 1.82) is 0 Å². The number of rotatable bonds is 8. The van der Waals surface area contributed by atoms with E-state index < -0.39 is 10.0 Å². The topological polar surface area (TPSA) is 75.6 Å². The maximum atomic E-state index is 12.9. The predicted molar refractivity (Wildman–Crippen MR) is 115 cm³/mol. The number of thiophene rings is 1. The van der Waals surface area contributed by atoms with Crippen LogP contribution in [0.4, 0.5) is 0 Å². The largest absolute Gasteiger partial charge is 0.491 e. The molecule has 3 aromatic rings. The molecule has 7 heteroatoms. The van der Waals surface area contributed by atoms with Crippen molar-refractivity contribution in [3.05, 3.63) is 72.3 Å². The number of aliphatic hydroxyl groups excluding tert-OH is 1. The van der Waals surface area contributed by atoms with Crippen molar-refractivity contribution in [2.24, 2.45) is 0 Å². The molecule has 2 atom stereocenters. The Bertz CT molecular complexity index is 1090. The summed E-state index contributed by atoms with van der Waals surface area (Å²) in [6.07, 6.45) is 0.790. The molecule has 0 amide bonds. The van der Waals surface area contributed by atoms with E-state index in [0.29, 0.717) is 9.96 Å². The summed E-state index contributed by atoms with van der Waals surface area (Å²) in [5.74, 6) is 0.643. The van der Waals surface area contributed by atoms with Crippen molar-refractivity contribution in [3.63, 3.8) is 0 Å². The highest BCUT2D eigenvalue weighted by molar-refractivity contribution is 7.91. The average molecular weight is 430 g/mol. The first-order chi connectivity index (χ1) is 13.9. The average Bonchev–Trinajstić information content (AvgIpc) is 3.15.